The van der Waals surface area contributed by atoms with E-state index in [2.05, 4.69) is 13.0 Å². The molecule has 1 unspecified atom stereocenters. The molecule has 3 nitrogen and oxygen atoms in total. The van der Waals surface area contributed by atoms with Crippen molar-refractivity contribution in [1.29, 1.82) is 5.26 Å². The van der Waals surface area contributed by atoms with E-state index < -0.39 is 5.54 Å². The van der Waals surface area contributed by atoms with Crippen molar-refractivity contribution in [3.63, 3.8) is 0 Å². The zero-order valence-corrected chi connectivity index (χ0v) is 10.1. The van der Waals surface area contributed by atoms with Crippen molar-refractivity contribution in [1.82, 2.24) is 0 Å². The third-order valence-corrected chi connectivity index (χ3v) is 4.03. The topological polar surface area (TPSA) is 59.0 Å². The standard InChI is InChI=1S/C13H22N2O/c1-10-2-6-12(7-3-10)16-9-13(15,8-14)11-4-5-11/h10-12H,2-7,9,15H2,1H3. The van der Waals surface area contributed by atoms with Crippen LogP contribution in [0.5, 0.6) is 0 Å². The van der Waals surface area contributed by atoms with Crippen molar-refractivity contribution < 1.29 is 4.74 Å². The van der Waals surface area contributed by atoms with Gasteiger partial charge in [0.2, 0.25) is 0 Å². The van der Waals surface area contributed by atoms with E-state index in [4.69, 9.17) is 15.7 Å². The summed E-state index contributed by atoms with van der Waals surface area (Å²) in [5.74, 6) is 1.21. The van der Waals surface area contributed by atoms with Gasteiger partial charge in [0.25, 0.3) is 0 Å². The number of ether oxygens (including phenoxy) is 1. The highest BCUT2D eigenvalue weighted by Crippen LogP contribution is 2.38. The van der Waals surface area contributed by atoms with Gasteiger partial charge in [0, 0.05) is 0 Å². The maximum absolute atomic E-state index is 9.11. The van der Waals surface area contributed by atoms with Crippen LogP contribution >= 0.6 is 0 Å². The van der Waals surface area contributed by atoms with Crippen molar-refractivity contribution >= 4 is 0 Å². The van der Waals surface area contributed by atoms with Gasteiger partial charge in [-0.3, -0.25) is 0 Å². The Bertz CT molecular complexity index is 274. The largest absolute Gasteiger partial charge is 0.375 e. The lowest BCUT2D eigenvalue weighted by molar-refractivity contribution is -0.000659. The second kappa shape index (κ2) is 4.73. The van der Waals surface area contributed by atoms with E-state index in [-0.39, 0.29) is 0 Å². The van der Waals surface area contributed by atoms with Crippen LogP contribution in [0.2, 0.25) is 0 Å². The smallest absolute Gasteiger partial charge is 0.130 e. The van der Waals surface area contributed by atoms with Crippen LogP contribution in [0.3, 0.4) is 0 Å². The molecule has 0 aliphatic heterocycles. The predicted molar refractivity (Wildman–Crippen MR) is 62.6 cm³/mol. The molecule has 2 aliphatic rings. The van der Waals surface area contributed by atoms with Gasteiger partial charge in [-0.2, -0.15) is 5.26 Å². The molecule has 0 aromatic carbocycles. The second-order valence-electron chi connectivity index (χ2n) is 5.62. The molecular weight excluding hydrogens is 200 g/mol. The molecule has 16 heavy (non-hydrogen) atoms. The van der Waals surface area contributed by atoms with Gasteiger partial charge < -0.3 is 10.5 Å². The van der Waals surface area contributed by atoms with Gasteiger partial charge in [-0.1, -0.05) is 6.92 Å². The van der Waals surface area contributed by atoms with Crippen molar-refractivity contribution in [3.05, 3.63) is 0 Å². The molecule has 0 radical (unpaired) electrons. The lowest BCUT2D eigenvalue weighted by Gasteiger charge is -2.29. The Morgan fingerprint density at radius 2 is 1.88 bits per heavy atom. The average Bonchev–Trinajstić information content (AvgIpc) is 3.12. The highest BCUT2D eigenvalue weighted by Gasteiger charge is 2.43. The average molecular weight is 222 g/mol. The Balaban J connectivity index is 1.76. The number of nitrogens with zero attached hydrogens (tertiary/aromatic N) is 1. The second-order valence-corrected chi connectivity index (χ2v) is 5.62. The quantitative estimate of drug-likeness (QED) is 0.793. The molecule has 2 N–H and O–H groups in total. The first-order valence-electron chi connectivity index (χ1n) is 6.46. The van der Waals surface area contributed by atoms with Crippen LogP contribution in [-0.4, -0.2) is 18.2 Å². The van der Waals surface area contributed by atoms with Gasteiger partial charge in [-0.05, 0) is 50.4 Å². The summed E-state index contributed by atoms with van der Waals surface area (Å²) < 4.78 is 5.84. The summed E-state index contributed by atoms with van der Waals surface area (Å²) in [5.41, 5.74) is 5.34. The van der Waals surface area contributed by atoms with E-state index in [0.717, 1.165) is 31.6 Å². The fraction of sp³-hybridized carbons (Fsp3) is 0.923. The van der Waals surface area contributed by atoms with Crippen molar-refractivity contribution in [2.45, 2.75) is 57.1 Å². The normalized spacial score (nSPS) is 34.1. The summed E-state index contributed by atoms with van der Waals surface area (Å²) in [6.45, 7) is 2.72. The summed E-state index contributed by atoms with van der Waals surface area (Å²) in [7, 11) is 0. The summed E-state index contributed by atoms with van der Waals surface area (Å²) >= 11 is 0. The van der Waals surface area contributed by atoms with Crippen LogP contribution in [0.1, 0.15) is 45.4 Å². The van der Waals surface area contributed by atoms with Gasteiger partial charge >= 0.3 is 0 Å². The van der Waals surface area contributed by atoms with E-state index in [1.807, 2.05) is 0 Å². The van der Waals surface area contributed by atoms with Crippen LogP contribution in [0.25, 0.3) is 0 Å². The number of hydrogen-bond donors (Lipinski definition) is 1. The molecule has 0 aromatic heterocycles. The number of hydrogen-bond acceptors (Lipinski definition) is 3. The molecule has 2 rings (SSSR count). The van der Waals surface area contributed by atoms with E-state index in [0.29, 0.717) is 18.6 Å². The zero-order chi connectivity index (χ0) is 11.6. The highest BCUT2D eigenvalue weighted by molar-refractivity contribution is 5.13. The molecule has 90 valence electrons. The lowest BCUT2D eigenvalue weighted by atomic mass is 9.88. The Hall–Kier alpha value is -0.590. The van der Waals surface area contributed by atoms with Crippen LogP contribution < -0.4 is 5.73 Å². The Kier molecular flexibility index (Phi) is 3.51. The lowest BCUT2D eigenvalue weighted by Crippen LogP contribution is -2.46. The van der Waals surface area contributed by atoms with E-state index in [1.165, 1.54) is 12.8 Å². The van der Waals surface area contributed by atoms with E-state index in [9.17, 15) is 0 Å². The summed E-state index contributed by atoms with van der Waals surface area (Å²) in [6.07, 6.45) is 7.28. The zero-order valence-electron chi connectivity index (χ0n) is 10.1. The molecule has 2 saturated carbocycles. The highest BCUT2D eigenvalue weighted by atomic mass is 16.5. The molecule has 2 fully saturated rings. The van der Waals surface area contributed by atoms with Gasteiger partial charge in [0.05, 0.1) is 18.8 Å². The molecule has 0 heterocycles. The Morgan fingerprint density at radius 1 is 1.25 bits per heavy atom. The maximum Gasteiger partial charge on any atom is 0.130 e. The fourth-order valence-corrected chi connectivity index (χ4v) is 2.49. The van der Waals surface area contributed by atoms with Crippen molar-refractivity contribution in [3.8, 4) is 6.07 Å². The fourth-order valence-electron chi connectivity index (χ4n) is 2.49. The molecule has 1 atom stereocenters. The molecule has 0 bridgehead atoms. The number of nitrogens with two attached hydrogens (primary N) is 1. The third-order valence-electron chi connectivity index (χ3n) is 4.03. The molecule has 0 saturated heterocycles. The van der Waals surface area contributed by atoms with E-state index in [1.54, 1.807) is 0 Å². The van der Waals surface area contributed by atoms with Gasteiger partial charge in [-0.15, -0.1) is 0 Å². The summed E-state index contributed by atoms with van der Waals surface area (Å²) in [5, 5.41) is 9.11. The Labute approximate surface area is 98.0 Å². The summed E-state index contributed by atoms with van der Waals surface area (Å²) in [6, 6.07) is 2.24. The van der Waals surface area contributed by atoms with E-state index >= 15 is 0 Å². The molecule has 3 heteroatoms. The number of rotatable bonds is 4. The van der Waals surface area contributed by atoms with Gasteiger partial charge in [-0.25, -0.2) is 0 Å². The van der Waals surface area contributed by atoms with Gasteiger partial charge in [0.1, 0.15) is 5.54 Å². The monoisotopic (exact) mass is 222 g/mol. The van der Waals surface area contributed by atoms with Crippen molar-refractivity contribution in [2.24, 2.45) is 17.6 Å². The predicted octanol–water partition coefficient (Wildman–Crippen LogP) is 2.21. The SMILES string of the molecule is CC1CCC(OCC(N)(C#N)C2CC2)CC1. The molecule has 0 amide bonds. The van der Waals surface area contributed by atoms with Crippen molar-refractivity contribution in [2.75, 3.05) is 6.61 Å². The van der Waals surface area contributed by atoms with Crippen LogP contribution in [0.4, 0.5) is 0 Å². The molecule has 0 spiro atoms. The first-order chi connectivity index (χ1) is 7.64. The first kappa shape index (κ1) is 11.9. The minimum atomic E-state index is -0.719. The van der Waals surface area contributed by atoms with Crippen LogP contribution in [0, 0.1) is 23.2 Å². The molecule has 0 aromatic rings. The van der Waals surface area contributed by atoms with Crippen LogP contribution in [0.15, 0.2) is 0 Å². The molecule has 2 aliphatic carbocycles. The minimum absolute atomic E-state index is 0.339. The van der Waals surface area contributed by atoms with Crippen LogP contribution in [-0.2, 0) is 4.74 Å². The third kappa shape index (κ3) is 2.75. The van der Waals surface area contributed by atoms with Gasteiger partial charge in [0.15, 0.2) is 0 Å². The number of nitriles is 1. The summed E-state index contributed by atoms with van der Waals surface area (Å²) in [4.78, 5) is 0. The Morgan fingerprint density at radius 3 is 2.38 bits per heavy atom. The first-order valence-corrected chi connectivity index (χ1v) is 6.46. The minimum Gasteiger partial charge on any atom is -0.375 e. The maximum atomic E-state index is 9.11. The molecular formula is C13H22N2O.